The van der Waals surface area contributed by atoms with Gasteiger partial charge in [0.2, 0.25) is 0 Å². The molecule has 0 spiro atoms. The van der Waals surface area contributed by atoms with Crippen molar-refractivity contribution in [2.45, 2.75) is 26.2 Å². The molecule has 0 saturated carbocycles. The van der Waals surface area contributed by atoms with E-state index in [0.717, 1.165) is 23.4 Å². The zero-order chi connectivity index (χ0) is 15.4. The lowest BCUT2D eigenvalue weighted by Crippen LogP contribution is -2.20. The molecular formula is C16H19ClN2O2. The van der Waals surface area contributed by atoms with Crippen molar-refractivity contribution in [3.05, 3.63) is 52.3 Å². The van der Waals surface area contributed by atoms with Gasteiger partial charge in [-0.2, -0.15) is 5.10 Å². The highest BCUT2D eigenvalue weighted by molar-refractivity contribution is 6.30. The third kappa shape index (κ3) is 4.08. The van der Waals surface area contributed by atoms with E-state index in [4.69, 9.17) is 11.6 Å². The van der Waals surface area contributed by atoms with Crippen molar-refractivity contribution in [3.8, 4) is 0 Å². The van der Waals surface area contributed by atoms with Crippen molar-refractivity contribution in [3.63, 3.8) is 0 Å². The first-order valence-electron chi connectivity index (χ1n) is 6.98. The van der Waals surface area contributed by atoms with E-state index in [1.54, 1.807) is 16.8 Å². The number of halogens is 1. The minimum absolute atomic E-state index is 0.466. The molecule has 0 saturated heterocycles. The van der Waals surface area contributed by atoms with E-state index in [1.807, 2.05) is 32.2 Å². The van der Waals surface area contributed by atoms with Crippen molar-refractivity contribution in [2.75, 3.05) is 0 Å². The summed E-state index contributed by atoms with van der Waals surface area (Å²) in [5, 5.41) is 14.5. The van der Waals surface area contributed by atoms with Gasteiger partial charge in [0.25, 0.3) is 0 Å². The van der Waals surface area contributed by atoms with E-state index in [2.05, 4.69) is 5.10 Å². The number of nitrogens with zero attached hydrogens (tertiary/aromatic N) is 2. The summed E-state index contributed by atoms with van der Waals surface area (Å²) in [6.07, 6.45) is 1.81. The summed E-state index contributed by atoms with van der Waals surface area (Å²) >= 11 is 5.85. The molecule has 0 amide bonds. The smallest absolute Gasteiger partial charge is 0.307 e. The van der Waals surface area contributed by atoms with E-state index in [0.29, 0.717) is 17.9 Å². The summed E-state index contributed by atoms with van der Waals surface area (Å²) in [5.41, 5.74) is 2.92. The summed E-state index contributed by atoms with van der Waals surface area (Å²) < 4.78 is 1.77. The van der Waals surface area contributed by atoms with Gasteiger partial charge in [-0.05, 0) is 36.6 Å². The van der Waals surface area contributed by atoms with Gasteiger partial charge in [-0.25, -0.2) is 0 Å². The van der Waals surface area contributed by atoms with Gasteiger partial charge >= 0.3 is 5.97 Å². The van der Waals surface area contributed by atoms with E-state index in [-0.39, 0.29) is 0 Å². The van der Waals surface area contributed by atoms with Gasteiger partial charge in [0.1, 0.15) is 0 Å². The molecule has 2 rings (SSSR count). The summed E-state index contributed by atoms with van der Waals surface area (Å²) in [5.74, 6) is -1.25. The summed E-state index contributed by atoms with van der Waals surface area (Å²) in [6, 6.07) is 9.31. The molecule has 1 atom stereocenters. The molecule has 0 bridgehead atoms. The third-order valence-electron chi connectivity index (χ3n) is 3.59. The number of aryl methyl sites for hydroxylation is 2. The molecule has 0 aliphatic rings. The van der Waals surface area contributed by atoms with Gasteiger partial charge in [-0.1, -0.05) is 30.7 Å². The van der Waals surface area contributed by atoms with Crippen LogP contribution in [0.3, 0.4) is 0 Å². The predicted molar refractivity (Wildman–Crippen MR) is 82.6 cm³/mol. The second kappa shape index (κ2) is 6.76. The van der Waals surface area contributed by atoms with Crippen LogP contribution in [0.4, 0.5) is 0 Å². The van der Waals surface area contributed by atoms with Crippen LogP contribution < -0.4 is 0 Å². The number of carboxylic acids is 1. The monoisotopic (exact) mass is 306 g/mol. The van der Waals surface area contributed by atoms with Crippen molar-refractivity contribution < 1.29 is 9.90 Å². The topological polar surface area (TPSA) is 55.1 Å². The minimum atomic E-state index is -0.788. The Kier molecular flexibility index (Phi) is 5.02. The molecule has 21 heavy (non-hydrogen) atoms. The van der Waals surface area contributed by atoms with Crippen LogP contribution in [0.1, 0.15) is 23.9 Å². The van der Waals surface area contributed by atoms with E-state index < -0.39 is 11.9 Å². The Morgan fingerprint density at radius 3 is 2.52 bits per heavy atom. The molecule has 0 aliphatic carbocycles. The highest BCUT2D eigenvalue weighted by Crippen LogP contribution is 2.18. The molecule has 112 valence electrons. The number of aliphatic carboxylic acids is 1. The Morgan fingerprint density at radius 2 is 2.00 bits per heavy atom. The van der Waals surface area contributed by atoms with Crippen LogP contribution in [0.25, 0.3) is 0 Å². The number of carboxylic acid groups (broad SMARTS) is 1. The summed E-state index contributed by atoms with van der Waals surface area (Å²) in [6.45, 7) is 2.04. The molecular weight excluding hydrogens is 288 g/mol. The van der Waals surface area contributed by atoms with Crippen LogP contribution in [0.5, 0.6) is 0 Å². The zero-order valence-corrected chi connectivity index (χ0v) is 13.0. The van der Waals surface area contributed by atoms with Crippen LogP contribution >= 0.6 is 11.6 Å². The average Bonchev–Trinajstić information content (AvgIpc) is 2.81. The van der Waals surface area contributed by atoms with Crippen LogP contribution in [0, 0.1) is 5.92 Å². The molecule has 0 radical (unpaired) electrons. The first kappa shape index (κ1) is 15.6. The number of carbonyl (C=O) groups is 1. The van der Waals surface area contributed by atoms with Crippen molar-refractivity contribution in [1.29, 1.82) is 0 Å². The molecule has 0 fully saturated rings. The maximum absolute atomic E-state index is 11.5. The first-order valence-corrected chi connectivity index (χ1v) is 7.36. The molecule has 1 heterocycles. The van der Waals surface area contributed by atoms with Gasteiger partial charge in [0.05, 0.1) is 11.6 Å². The highest BCUT2D eigenvalue weighted by Gasteiger charge is 2.20. The molecule has 5 heteroatoms. The van der Waals surface area contributed by atoms with E-state index >= 15 is 0 Å². The summed E-state index contributed by atoms with van der Waals surface area (Å²) in [4.78, 5) is 11.5. The number of benzene rings is 1. The predicted octanol–water partition coefficient (Wildman–Crippen LogP) is 3.12. The number of hydrogen-bond donors (Lipinski definition) is 1. The normalized spacial score (nSPS) is 12.3. The first-order chi connectivity index (χ1) is 9.99. The van der Waals surface area contributed by atoms with Crippen molar-refractivity contribution in [2.24, 2.45) is 13.0 Å². The fraction of sp³-hybridized carbons (Fsp3) is 0.375. The molecule has 1 aromatic heterocycles. The SMILES string of the molecule is CCc1cc(CC(Cc2ccc(Cl)cc2)C(=O)O)n(C)n1. The Bertz CT molecular complexity index is 620. The maximum atomic E-state index is 11.5. The maximum Gasteiger partial charge on any atom is 0.307 e. The van der Waals surface area contributed by atoms with Crippen molar-refractivity contribution >= 4 is 17.6 Å². The summed E-state index contributed by atoms with van der Waals surface area (Å²) in [7, 11) is 1.86. The second-order valence-electron chi connectivity index (χ2n) is 5.17. The Balaban J connectivity index is 2.13. The lowest BCUT2D eigenvalue weighted by Gasteiger charge is -2.12. The van der Waals surface area contributed by atoms with Gasteiger partial charge in [-0.15, -0.1) is 0 Å². The number of hydrogen-bond acceptors (Lipinski definition) is 2. The van der Waals surface area contributed by atoms with Gasteiger partial charge < -0.3 is 5.11 Å². The highest BCUT2D eigenvalue weighted by atomic mass is 35.5. The molecule has 1 unspecified atom stereocenters. The molecule has 4 nitrogen and oxygen atoms in total. The lowest BCUT2D eigenvalue weighted by molar-refractivity contribution is -0.141. The molecule has 0 aliphatic heterocycles. The Labute approximate surface area is 129 Å². The van der Waals surface area contributed by atoms with E-state index in [1.165, 1.54) is 0 Å². The van der Waals surface area contributed by atoms with Gasteiger partial charge in [0.15, 0.2) is 0 Å². The van der Waals surface area contributed by atoms with Crippen molar-refractivity contribution in [1.82, 2.24) is 9.78 Å². The molecule has 2 aromatic rings. The fourth-order valence-corrected chi connectivity index (χ4v) is 2.47. The number of aromatic nitrogens is 2. The zero-order valence-electron chi connectivity index (χ0n) is 12.2. The Morgan fingerprint density at radius 1 is 1.33 bits per heavy atom. The molecule has 1 N–H and O–H groups in total. The lowest BCUT2D eigenvalue weighted by atomic mass is 9.94. The van der Waals surface area contributed by atoms with E-state index in [9.17, 15) is 9.90 Å². The van der Waals surface area contributed by atoms with Crippen LogP contribution in [-0.2, 0) is 31.1 Å². The third-order valence-corrected chi connectivity index (χ3v) is 3.84. The quantitative estimate of drug-likeness (QED) is 0.892. The van der Waals surface area contributed by atoms with Crippen LogP contribution in [-0.4, -0.2) is 20.9 Å². The largest absolute Gasteiger partial charge is 0.481 e. The van der Waals surface area contributed by atoms with Gasteiger partial charge in [-0.3, -0.25) is 9.48 Å². The number of rotatable bonds is 6. The average molecular weight is 307 g/mol. The van der Waals surface area contributed by atoms with Crippen LogP contribution in [0.15, 0.2) is 30.3 Å². The van der Waals surface area contributed by atoms with Crippen LogP contribution in [0.2, 0.25) is 5.02 Å². The standard InChI is InChI=1S/C16H19ClN2O2/c1-3-14-10-15(19(2)18-14)9-12(16(20)21)8-11-4-6-13(17)7-5-11/h4-7,10,12H,3,8-9H2,1-2H3,(H,20,21). The second-order valence-corrected chi connectivity index (χ2v) is 5.61. The molecule has 1 aromatic carbocycles. The van der Waals surface area contributed by atoms with Gasteiger partial charge in [0, 0.05) is 24.2 Å². The fourth-order valence-electron chi connectivity index (χ4n) is 2.34. The Hall–Kier alpha value is -1.81. The minimum Gasteiger partial charge on any atom is -0.481 e.